The van der Waals surface area contributed by atoms with Gasteiger partial charge in [-0.1, -0.05) is 30.7 Å². The average molecular weight is 380 g/mol. The van der Waals surface area contributed by atoms with Crippen LogP contribution in [0.1, 0.15) is 33.3 Å². The fraction of sp³-hybridized carbons (Fsp3) is 0.0952. The Hall–Kier alpha value is -3.18. The molecule has 0 bridgehead atoms. The van der Waals surface area contributed by atoms with E-state index in [-0.39, 0.29) is 11.6 Å². The third-order valence-electron chi connectivity index (χ3n) is 3.98. The number of nitrogens with zero attached hydrogens (tertiary/aromatic N) is 1. The van der Waals surface area contributed by atoms with Crippen LogP contribution in [-0.4, -0.2) is 16.8 Å². The predicted octanol–water partition coefficient (Wildman–Crippen LogP) is 4.80. The summed E-state index contributed by atoms with van der Waals surface area (Å²) in [5, 5.41) is 6.12. The first-order valence-electron chi connectivity index (χ1n) is 8.48. The molecule has 2 aromatic carbocycles. The van der Waals surface area contributed by atoms with Crippen molar-refractivity contribution >= 4 is 34.8 Å². The monoisotopic (exact) mass is 379 g/mol. The molecule has 0 saturated heterocycles. The maximum Gasteiger partial charge on any atom is 0.274 e. The van der Waals surface area contributed by atoms with Crippen molar-refractivity contribution < 1.29 is 9.59 Å². The maximum atomic E-state index is 12.5. The van der Waals surface area contributed by atoms with E-state index in [2.05, 4.69) is 22.5 Å². The van der Waals surface area contributed by atoms with Gasteiger partial charge in [0.15, 0.2) is 0 Å². The van der Waals surface area contributed by atoms with Crippen LogP contribution in [0.2, 0.25) is 5.02 Å². The van der Waals surface area contributed by atoms with Gasteiger partial charge >= 0.3 is 0 Å². The summed E-state index contributed by atoms with van der Waals surface area (Å²) in [5.74, 6) is -0.707. The molecule has 0 spiro atoms. The Morgan fingerprint density at radius 1 is 0.889 bits per heavy atom. The second kappa shape index (κ2) is 8.47. The van der Waals surface area contributed by atoms with Gasteiger partial charge in [0, 0.05) is 28.2 Å². The number of rotatable bonds is 5. The summed E-state index contributed by atoms with van der Waals surface area (Å²) in [6.07, 6.45) is 2.37. The minimum Gasteiger partial charge on any atom is -0.322 e. The third-order valence-corrected chi connectivity index (χ3v) is 4.23. The molecular formula is C21H18ClN3O2. The van der Waals surface area contributed by atoms with Gasteiger partial charge in [-0.25, -0.2) is 0 Å². The van der Waals surface area contributed by atoms with E-state index in [4.69, 9.17) is 11.6 Å². The van der Waals surface area contributed by atoms with Crippen molar-refractivity contribution in [3.8, 4) is 0 Å². The number of hydrogen-bond acceptors (Lipinski definition) is 3. The summed E-state index contributed by atoms with van der Waals surface area (Å²) < 4.78 is 0. The molecule has 1 aromatic heterocycles. The van der Waals surface area contributed by atoms with Crippen molar-refractivity contribution in [2.75, 3.05) is 10.6 Å². The standard InChI is InChI=1S/C21H18ClN3O2/c1-2-14-3-7-17(8-4-14)24-20(26)15-11-12-23-19(13-15)21(27)25-18-9-5-16(22)6-10-18/h3-13H,2H2,1H3,(H,24,26)(H,25,27). The number of pyridine rings is 1. The van der Waals surface area contributed by atoms with Gasteiger partial charge in [0.1, 0.15) is 5.69 Å². The summed E-state index contributed by atoms with van der Waals surface area (Å²) in [7, 11) is 0. The first-order chi connectivity index (χ1) is 13.0. The molecule has 6 heteroatoms. The second-order valence-electron chi connectivity index (χ2n) is 5.90. The van der Waals surface area contributed by atoms with Crippen LogP contribution in [0.5, 0.6) is 0 Å². The lowest BCUT2D eigenvalue weighted by atomic mass is 10.1. The second-order valence-corrected chi connectivity index (χ2v) is 6.33. The van der Waals surface area contributed by atoms with Gasteiger partial charge in [-0.05, 0) is 60.5 Å². The normalized spacial score (nSPS) is 10.3. The smallest absolute Gasteiger partial charge is 0.274 e. The zero-order valence-corrected chi connectivity index (χ0v) is 15.5. The van der Waals surface area contributed by atoms with Crippen LogP contribution in [-0.2, 0) is 6.42 Å². The van der Waals surface area contributed by atoms with Crippen molar-refractivity contribution in [3.05, 3.63) is 88.7 Å². The van der Waals surface area contributed by atoms with Crippen LogP contribution >= 0.6 is 11.6 Å². The highest BCUT2D eigenvalue weighted by molar-refractivity contribution is 6.30. The molecule has 3 aromatic rings. The molecule has 5 nitrogen and oxygen atoms in total. The van der Waals surface area contributed by atoms with Crippen molar-refractivity contribution in [3.63, 3.8) is 0 Å². The lowest BCUT2D eigenvalue weighted by molar-refractivity contribution is 0.102. The Bertz CT molecular complexity index is 954. The number of nitrogens with one attached hydrogen (secondary N) is 2. The first-order valence-corrected chi connectivity index (χ1v) is 8.86. The molecule has 0 radical (unpaired) electrons. The fourth-order valence-electron chi connectivity index (χ4n) is 2.45. The van der Waals surface area contributed by atoms with Gasteiger partial charge in [0.2, 0.25) is 0 Å². The summed E-state index contributed by atoms with van der Waals surface area (Å²) in [4.78, 5) is 28.9. The minimum atomic E-state index is -0.403. The Morgan fingerprint density at radius 2 is 1.48 bits per heavy atom. The van der Waals surface area contributed by atoms with Gasteiger partial charge in [-0.15, -0.1) is 0 Å². The number of carbonyl (C=O) groups excluding carboxylic acids is 2. The zero-order chi connectivity index (χ0) is 19.2. The van der Waals surface area contributed by atoms with E-state index in [1.54, 1.807) is 30.3 Å². The number of halogens is 1. The van der Waals surface area contributed by atoms with Crippen molar-refractivity contribution in [2.45, 2.75) is 13.3 Å². The molecule has 0 aliphatic carbocycles. The summed E-state index contributed by atoms with van der Waals surface area (Å²) in [5.41, 5.74) is 2.99. The van der Waals surface area contributed by atoms with E-state index in [0.717, 1.165) is 6.42 Å². The van der Waals surface area contributed by atoms with E-state index in [1.807, 2.05) is 24.3 Å². The number of aromatic nitrogens is 1. The average Bonchev–Trinajstić information content (AvgIpc) is 2.70. The molecule has 2 amide bonds. The van der Waals surface area contributed by atoms with E-state index < -0.39 is 5.91 Å². The van der Waals surface area contributed by atoms with Crippen LogP contribution in [0.4, 0.5) is 11.4 Å². The molecule has 0 atom stereocenters. The molecule has 1 heterocycles. The van der Waals surface area contributed by atoms with Gasteiger partial charge in [0.25, 0.3) is 11.8 Å². The van der Waals surface area contributed by atoms with Crippen molar-refractivity contribution in [1.82, 2.24) is 4.98 Å². The van der Waals surface area contributed by atoms with Gasteiger partial charge in [-0.3, -0.25) is 14.6 Å². The SMILES string of the molecule is CCc1ccc(NC(=O)c2ccnc(C(=O)Nc3ccc(Cl)cc3)c2)cc1. The Morgan fingerprint density at radius 3 is 2.11 bits per heavy atom. The Kier molecular flexibility index (Phi) is 5.84. The van der Waals surface area contributed by atoms with Crippen molar-refractivity contribution in [2.24, 2.45) is 0 Å². The summed E-state index contributed by atoms with van der Waals surface area (Å²) >= 11 is 5.83. The molecule has 0 fully saturated rings. The van der Waals surface area contributed by atoms with E-state index in [9.17, 15) is 9.59 Å². The number of carbonyl (C=O) groups is 2. The molecule has 0 aliphatic heterocycles. The number of amides is 2. The largest absolute Gasteiger partial charge is 0.322 e. The molecule has 2 N–H and O–H groups in total. The fourth-order valence-corrected chi connectivity index (χ4v) is 2.58. The van der Waals surface area contributed by atoms with Gasteiger partial charge in [0.05, 0.1) is 0 Å². The molecule has 0 unspecified atom stereocenters. The van der Waals surface area contributed by atoms with Crippen LogP contribution in [0.25, 0.3) is 0 Å². The Labute approximate surface area is 162 Å². The molecule has 27 heavy (non-hydrogen) atoms. The van der Waals surface area contributed by atoms with Gasteiger partial charge < -0.3 is 10.6 Å². The van der Waals surface area contributed by atoms with Crippen LogP contribution < -0.4 is 10.6 Å². The molecule has 0 aliphatic rings. The molecular weight excluding hydrogens is 362 g/mol. The van der Waals surface area contributed by atoms with Crippen LogP contribution in [0.3, 0.4) is 0 Å². The topological polar surface area (TPSA) is 71.1 Å². The Balaban J connectivity index is 1.70. The lowest BCUT2D eigenvalue weighted by Crippen LogP contribution is -2.17. The number of hydrogen-bond donors (Lipinski definition) is 2. The minimum absolute atomic E-state index is 0.152. The molecule has 3 rings (SSSR count). The van der Waals surface area contributed by atoms with E-state index >= 15 is 0 Å². The van der Waals surface area contributed by atoms with Crippen molar-refractivity contribution in [1.29, 1.82) is 0 Å². The third kappa shape index (κ3) is 4.92. The quantitative estimate of drug-likeness (QED) is 0.668. The zero-order valence-electron chi connectivity index (χ0n) is 14.7. The highest BCUT2D eigenvalue weighted by atomic mass is 35.5. The number of aryl methyl sites for hydroxylation is 1. The van der Waals surface area contributed by atoms with E-state index in [0.29, 0.717) is 22.0 Å². The van der Waals surface area contributed by atoms with Gasteiger partial charge in [-0.2, -0.15) is 0 Å². The number of anilines is 2. The summed E-state index contributed by atoms with van der Waals surface area (Å²) in [6.45, 7) is 2.07. The molecule has 136 valence electrons. The number of benzene rings is 2. The summed E-state index contributed by atoms with van der Waals surface area (Å²) in [6, 6.07) is 17.4. The van der Waals surface area contributed by atoms with E-state index in [1.165, 1.54) is 17.8 Å². The van der Waals surface area contributed by atoms with Crippen LogP contribution in [0.15, 0.2) is 66.9 Å². The molecule has 0 saturated carbocycles. The highest BCUT2D eigenvalue weighted by Crippen LogP contribution is 2.15. The highest BCUT2D eigenvalue weighted by Gasteiger charge is 2.12. The maximum absolute atomic E-state index is 12.5. The predicted molar refractivity (Wildman–Crippen MR) is 107 cm³/mol. The van der Waals surface area contributed by atoms with Crippen LogP contribution in [0, 0.1) is 0 Å². The lowest BCUT2D eigenvalue weighted by Gasteiger charge is -2.08. The first kappa shape index (κ1) is 18.6.